The van der Waals surface area contributed by atoms with E-state index < -0.39 is 12.0 Å². The zero-order chi connectivity index (χ0) is 16.8. The number of aromatic nitrogens is 2. The third kappa shape index (κ3) is 2.95. The maximum atomic E-state index is 13.3. The lowest BCUT2D eigenvalue weighted by Crippen LogP contribution is -2.52. The van der Waals surface area contributed by atoms with Gasteiger partial charge in [-0.2, -0.15) is 13.2 Å². The molecule has 0 saturated carbocycles. The molecule has 1 atom stereocenters. The van der Waals surface area contributed by atoms with Gasteiger partial charge in [-0.05, 0) is 19.3 Å². The summed E-state index contributed by atoms with van der Waals surface area (Å²) in [5.74, 6) is -0.737. The van der Waals surface area contributed by atoms with Crippen LogP contribution in [0.3, 0.4) is 0 Å². The Balaban J connectivity index is 1.57. The minimum Gasteiger partial charge on any atom is -0.378 e. The third-order valence-electron chi connectivity index (χ3n) is 5.22. The molecule has 2 fully saturated rings. The number of hydrogen-bond donors (Lipinski definition) is 0. The van der Waals surface area contributed by atoms with Crippen molar-refractivity contribution >= 4 is 0 Å². The van der Waals surface area contributed by atoms with Crippen LogP contribution in [-0.4, -0.2) is 53.0 Å². The van der Waals surface area contributed by atoms with Crippen molar-refractivity contribution in [2.75, 3.05) is 32.9 Å². The van der Waals surface area contributed by atoms with Crippen molar-refractivity contribution in [2.45, 2.75) is 50.6 Å². The molecule has 134 valence electrons. The molecule has 1 unspecified atom stereocenters. The molecule has 1 aromatic heterocycles. The Hall–Kier alpha value is -1.12. The first-order valence-electron chi connectivity index (χ1n) is 8.56. The fourth-order valence-corrected chi connectivity index (χ4v) is 4.06. The van der Waals surface area contributed by atoms with Gasteiger partial charge >= 0.3 is 6.18 Å². The molecule has 5 nitrogen and oxygen atoms in total. The van der Waals surface area contributed by atoms with Crippen LogP contribution in [0.2, 0.25) is 0 Å². The highest BCUT2D eigenvalue weighted by molar-refractivity contribution is 5.21. The van der Waals surface area contributed by atoms with Crippen LogP contribution in [0.5, 0.6) is 0 Å². The molecule has 8 heteroatoms. The van der Waals surface area contributed by atoms with Crippen molar-refractivity contribution in [3.8, 4) is 0 Å². The van der Waals surface area contributed by atoms with Crippen LogP contribution in [0, 0.1) is 0 Å². The number of imidazole rings is 1. The Morgan fingerprint density at radius 2 is 2.04 bits per heavy atom. The standard InChI is InChI=1S/C16H22F3N3O2/c17-16(18,19)14-20-12(13-3-1-2-5-22(13)14)9-21-6-8-24-15(10-21)4-7-23-11-15/h1-11H2. The molecular formula is C16H22F3N3O2. The lowest BCUT2D eigenvalue weighted by molar-refractivity contribution is -0.147. The molecule has 0 radical (unpaired) electrons. The average molecular weight is 345 g/mol. The van der Waals surface area contributed by atoms with Crippen molar-refractivity contribution in [1.82, 2.24) is 14.5 Å². The summed E-state index contributed by atoms with van der Waals surface area (Å²) < 4.78 is 52.6. The van der Waals surface area contributed by atoms with Crippen LogP contribution in [0.25, 0.3) is 0 Å². The first-order chi connectivity index (χ1) is 11.5. The lowest BCUT2D eigenvalue weighted by Gasteiger charge is -2.39. The number of rotatable bonds is 2. The van der Waals surface area contributed by atoms with Crippen molar-refractivity contribution in [3.05, 3.63) is 17.2 Å². The number of halogens is 3. The van der Waals surface area contributed by atoms with E-state index in [1.54, 1.807) is 0 Å². The predicted octanol–water partition coefficient (Wildman–Crippen LogP) is 2.23. The van der Waals surface area contributed by atoms with Crippen LogP contribution in [-0.2, 0) is 35.2 Å². The molecule has 3 aliphatic rings. The number of morpholine rings is 1. The van der Waals surface area contributed by atoms with E-state index in [-0.39, 0.29) is 5.60 Å². The van der Waals surface area contributed by atoms with Crippen LogP contribution in [0.15, 0.2) is 0 Å². The average Bonchev–Trinajstić information content (AvgIpc) is 3.13. The van der Waals surface area contributed by atoms with Crippen molar-refractivity contribution in [1.29, 1.82) is 0 Å². The largest absolute Gasteiger partial charge is 0.449 e. The summed E-state index contributed by atoms with van der Waals surface area (Å²) >= 11 is 0. The summed E-state index contributed by atoms with van der Waals surface area (Å²) in [4.78, 5) is 6.16. The van der Waals surface area contributed by atoms with E-state index >= 15 is 0 Å². The van der Waals surface area contributed by atoms with E-state index in [0.717, 1.165) is 31.5 Å². The fourth-order valence-electron chi connectivity index (χ4n) is 4.06. The number of hydrogen-bond acceptors (Lipinski definition) is 4. The first kappa shape index (κ1) is 16.4. The first-order valence-corrected chi connectivity index (χ1v) is 8.56. The Kier molecular flexibility index (Phi) is 4.09. The van der Waals surface area contributed by atoms with Gasteiger partial charge in [-0.15, -0.1) is 0 Å². The van der Waals surface area contributed by atoms with E-state index in [4.69, 9.17) is 9.47 Å². The Morgan fingerprint density at radius 1 is 1.17 bits per heavy atom. The zero-order valence-corrected chi connectivity index (χ0v) is 13.6. The second kappa shape index (κ2) is 6.00. The van der Waals surface area contributed by atoms with Gasteiger partial charge in [0.15, 0.2) is 0 Å². The molecule has 1 aromatic rings. The minimum atomic E-state index is -4.39. The fraction of sp³-hybridized carbons (Fsp3) is 0.812. The quantitative estimate of drug-likeness (QED) is 0.824. The van der Waals surface area contributed by atoms with E-state index in [9.17, 15) is 13.2 Å². The SMILES string of the molecule is FC(F)(F)c1nc(CN2CCOC3(CCOC3)C2)c2n1CCCC2. The van der Waals surface area contributed by atoms with Crippen LogP contribution in [0.4, 0.5) is 13.2 Å². The summed E-state index contributed by atoms with van der Waals surface area (Å²) in [6.07, 6.45) is -1.16. The Labute approximate surface area is 138 Å². The Bertz CT molecular complexity index is 608. The summed E-state index contributed by atoms with van der Waals surface area (Å²) in [6, 6.07) is 0. The molecule has 3 aliphatic heterocycles. The van der Waals surface area contributed by atoms with Crippen LogP contribution in [0.1, 0.15) is 36.5 Å². The monoisotopic (exact) mass is 345 g/mol. The van der Waals surface area contributed by atoms with Crippen molar-refractivity contribution in [3.63, 3.8) is 0 Å². The molecular weight excluding hydrogens is 323 g/mol. The highest BCUT2D eigenvalue weighted by Gasteiger charge is 2.42. The molecule has 0 aromatic carbocycles. The Morgan fingerprint density at radius 3 is 2.79 bits per heavy atom. The van der Waals surface area contributed by atoms with E-state index in [0.29, 0.717) is 51.6 Å². The molecule has 24 heavy (non-hydrogen) atoms. The van der Waals surface area contributed by atoms with Gasteiger partial charge in [-0.25, -0.2) is 4.98 Å². The van der Waals surface area contributed by atoms with Crippen molar-refractivity contribution < 1.29 is 22.6 Å². The van der Waals surface area contributed by atoms with E-state index in [2.05, 4.69) is 9.88 Å². The number of nitrogens with zero attached hydrogens (tertiary/aromatic N) is 3. The van der Waals surface area contributed by atoms with E-state index in [1.165, 1.54) is 4.57 Å². The molecule has 0 amide bonds. The van der Waals surface area contributed by atoms with Gasteiger partial charge in [0.2, 0.25) is 5.82 Å². The molecule has 2 saturated heterocycles. The van der Waals surface area contributed by atoms with Gasteiger partial charge in [-0.3, -0.25) is 4.90 Å². The number of alkyl halides is 3. The van der Waals surface area contributed by atoms with Gasteiger partial charge in [0, 0.05) is 44.9 Å². The minimum absolute atomic E-state index is 0.287. The second-order valence-corrected chi connectivity index (χ2v) is 6.98. The highest BCUT2D eigenvalue weighted by Crippen LogP contribution is 2.34. The summed E-state index contributed by atoms with van der Waals surface area (Å²) in [7, 11) is 0. The van der Waals surface area contributed by atoms with E-state index in [1.807, 2.05) is 0 Å². The normalized spacial score (nSPS) is 28.5. The third-order valence-corrected chi connectivity index (χ3v) is 5.22. The van der Waals surface area contributed by atoms with Crippen LogP contribution < -0.4 is 0 Å². The lowest BCUT2D eigenvalue weighted by atomic mass is 10.0. The maximum absolute atomic E-state index is 13.3. The summed E-state index contributed by atoms with van der Waals surface area (Å²) in [5, 5.41) is 0. The molecule has 4 heterocycles. The van der Waals surface area contributed by atoms with Gasteiger partial charge in [0.05, 0.1) is 18.9 Å². The predicted molar refractivity (Wildman–Crippen MR) is 79.6 cm³/mol. The van der Waals surface area contributed by atoms with Gasteiger partial charge in [-0.1, -0.05) is 0 Å². The molecule has 0 bridgehead atoms. The van der Waals surface area contributed by atoms with Gasteiger partial charge < -0.3 is 14.0 Å². The van der Waals surface area contributed by atoms with Crippen LogP contribution >= 0.6 is 0 Å². The van der Waals surface area contributed by atoms with Gasteiger partial charge in [0.1, 0.15) is 5.60 Å². The molecule has 4 rings (SSSR count). The topological polar surface area (TPSA) is 39.5 Å². The summed E-state index contributed by atoms with van der Waals surface area (Å²) in [6.45, 7) is 4.13. The molecule has 1 spiro atoms. The molecule has 0 aliphatic carbocycles. The maximum Gasteiger partial charge on any atom is 0.449 e. The zero-order valence-electron chi connectivity index (χ0n) is 13.6. The number of fused-ring (bicyclic) bond motifs is 1. The van der Waals surface area contributed by atoms with Gasteiger partial charge in [0.25, 0.3) is 0 Å². The molecule has 0 N–H and O–H groups in total. The highest BCUT2D eigenvalue weighted by atomic mass is 19.4. The number of ether oxygens (including phenoxy) is 2. The van der Waals surface area contributed by atoms with Crippen molar-refractivity contribution in [2.24, 2.45) is 0 Å². The summed E-state index contributed by atoms with van der Waals surface area (Å²) in [5.41, 5.74) is 1.06. The second-order valence-electron chi connectivity index (χ2n) is 6.98. The smallest absolute Gasteiger partial charge is 0.378 e.